The number of thiazole rings is 1. The van der Waals surface area contributed by atoms with E-state index >= 15 is 0 Å². The van der Waals surface area contributed by atoms with Gasteiger partial charge in [-0.15, -0.1) is 0 Å². The standard InChI is InChI=1S/C26H29N3O5S/c1-8-34-25(31)22-15(3)27-26-29(23(22)17-9-10-19(32-6)20(12-17)33-7)24(30)21(35-26)13-18-11-14(2)28(5)16(18)4/h9-13,23H,8H2,1-7H3/t23-/m1/s1. The van der Waals surface area contributed by atoms with E-state index in [2.05, 4.69) is 15.6 Å². The Balaban J connectivity index is 1.99. The molecule has 0 spiro atoms. The fourth-order valence-electron chi connectivity index (χ4n) is 4.30. The van der Waals surface area contributed by atoms with E-state index in [1.807, 2.05) is 33.0 Å². The Morgan fingerprint density at radius 2 is 1.86 bits per heavy atom. The van der Waals surface area contributed by atoms with E-state index in [0.29, 0.717) is 37.7 Å². The lowest BCUT2D eigenvalue weighted by atomic mass is 9.95. The van der Waals surface area contributed by atoms with Crippen LogP contribution in [0.2, 0.25) is 0 Å². The molecule has 1 aliphatic heterocycles. The molecule has 35 heavy (non-hydrogen) atoms. The van der Waals surface area contributed by atoms with Gasteiger partial charge in [0.1, 0.15) is 0 Å². The third-order valence-corrected chi connectivity index (χ3v) is 7.32. The van der Waals surface area contributed by atoms with Gasteiger partial charge in [-0.2, -0.15) is 0 Å². The van der Waals surface area contributed by atoms with Crippen LogP contribution in [-0.2, 0) is 16.6 Å². The molecule has 8 nitrogen and oxygen atoms in total. The number of carbonyl (C=O) groups excluding carboxylic acids is 1. The lowest BCUT2D eigenvalue weighted by molar-refractivity contribution is -0.139. The summed E-state index contributed by atoms with van der Waals surface area (Å²) in [6.07, 6.45) is 1.89. The van der Waals surface area contributed by atoms with Crippen LogP contribution in [0.1, 0.15) is 42.4 Å². The number of rotatable bonds is 6. The number of allylic oxidation sites excluding steroid dienone is 1. The summed E-state index contributed by atoms with van der Waals surface area (Å²) in [5, 5.41) is 0. The highest BCUT2D eigenvalue weighted by Crippen LogP contribution is 2.36. The highest BCUT2D eigenvalue weighted by Gasteiger charge is 2.34. The van der Waals surface area contributed by atoms with E-state index in [4.69, 9.17) is 14.2 Å². The number of hydrogen-bond donors (Lipinski definition) is 0. The minimum absolute atomic E-state index is 0.214. The SMILES string of the molecule is CCOC(=O)C1=C(C)N=c2sc(=Cc3cc(C)n(C)c3C)c(=O)n2[C@@H]1c1ccc(OC)c(OC)c1. The van der Waals surface area contributed by atoms with Gasteiger partial charge in [-0.1, -0.05) is 17.4 Å². The van der Waals surface area contributed by atoms with Gasteiger partial charge in [0, 0.05) is 18.4 Å². The molecule has 9 heteroatoms. The van der Waals surface area contributed by atoms with E-state index in [0.717, 1.165) is 17.0 Å². The first kappa shape index (κ1) is 24.5. The number of aromatic nitrogens is 2. The van der Waals surface area contributed by atoms with Crippen LogP contribution in [0.4, 0.5) is 0 Å². The van der Waals surface area contributed by atoms with Gasteiger partial charge in [-0.25, -0.2) is 9.79 Å². The van der Waals surface area contributed by atoms with Crippen molar-refractivity contribution in [3.8, 4) is 11.5 Å². The van der Waals surface area contributed by atoms with Crippen molar-refractivity contribution in [1.29, 1.82) is 0 Å². The van der Waals surface area contributed by atoms with E-state index in [-0.39, 0.29) is 12.2 Å². The molecule has 4 rings (SSSR count). The predicted molar refractivity (Wildman–Crippen MR) is 135 cm³/mol. The fraction of sp³-hybridized carbons (Fsp3) is 0.346. The second kappa shape index (κ2) is 9.58. The lowest BCUT2D eigenvalue weighted by Gasteiger charge is -2.25. The van der Waals surface area contributed by atoms with Gasteiger partial charge >= 0.3 is 5.97 Å². The third-order valence-electron chi connectivity index (χ3n) is 6.34. The molecule has 0 amide bonds. The van der Waals surface area contributed by atoms with Crippen molar-refractivity contribution in [2.24, 2.45) is 12.0 Å². The summed E-state index contributed by atoms with van der Waals surface area (Å²) in [5.74, 6) is 0.551. The Bertz CT molecular complexity index is 1520. The molecule has 0 saturated carbocycles. The maximum absolute atomic E-state index is 13.8. The molecule has 0 saturated heterocycles. The average molecular weight is 496 g/mol. The molecule has 0 N–H and O–H groups in total. The second-order valence-corrected chi connectivity index (χ2v) is 9.31. The Morgan fingerprint density at radius 3 is 2.46 bits per heavy atom. The molecule has 0 bridgehead atoms. The number of aryl methyl sites for hydroxylation is 1. The zero-order chi connectivity index (χ0) is 25.4. The molecule has 2 aromatic heterocycles. The molecule has 0 unspecified atom stereocenters. The van der Waals surface area contributed by atoms with Crippen LogP contribution in [0.15, 0.2) is 45.3 Å². The minimum atomic E-state index is -0.717. The third kappa shape index (κ3) is 4.20. The number of hydrogen-bond acceptors (Lipinski definition) is 7. The monoisotopic (exact) mass is 495 g/mol. The van der Waals surface area contributed by atoms with Gasteiger partial charge in [0.05, 0.1) is 42.7 Å². The van der Waals surface area contributed by atoms with Gasteiger partial charge in [-0.3, -0.25) is 9.36 Å². The largest absolute Gasteiger partial charge is 0.493 e. The summed E-state index contributed by atoms with van der Waals surface area (Å²) in [4.78, 5) is 32.0. The summed E-state index contributed by atoms with van der Waals surface area (Å²) in [6.45, 7) is 7.77. The number of carbonyl (C=O) groups is 1. The smallest absolute Gasteiger partial charge is 0.338 e. The number of benzene rings is 1. The lowest BCUT2D eigenvalue weighted by Crippen LogP contribution is -2.40. The molecular weight excluding hydrogens is 466 g/mol. The first-order valence-electron chi connectivity index (χ1n) is 11.3. The Morgan fingerprint density at radius 1 is 1.14 bits per heavy atom. The van der Waals surface area contributed by atoms with Gasteiger partial charge in [-0.05, 0) is 63.1 Å². The summed E-state index contributed by atoms with van der Waals surface area (Å²) < 4.78 is 20.4. The van der Waals surface area contributed by atoms with Gasteiger partial charge in [0.2, 0.25) is 0 Å². The number of ether oxygens (including phenoxy) is 3. The molecular formula is C26H29N3O5S. The molecule has 1 aliphatic rings. The molecule has 1 aromatic carbocycles. The van der Waals surface area contributed by atoms with Gasteiger partial charge in [0.25, 0.3) is 5.56 Å². The maximum Gasteiger partial charge on any atom is 0.338 e. The van der Waals surface area contributed by atoms with Crippen molar-refractivity contribution in [3.05, 3.63) is 77.7 Å². The first-order chi connectivity index (χ1) is 16.7. The number of methoxy groups -OCH3 is 2. The van der Waals surface area contributed by atoms with Crippen LogP contribution in [0, 0.1) is 13.8 Å². The molecule has 184 valence electrons. The summed E-state index contributed by atoms with van der Waals surface area (Å²) >= 11 is 1.30. The number of esters is 1. The highest BCUT2D eigenvalue weighted by molar-refractivity contribution is 7.07. The van der Waals surface area contributed by atoms with Crippen LogP contribution in [-0.4, -0.2) is 35.9 Å². The van der Waals surface area contributed by atoms with Crippen molar-refractivity contribution in [2.45, 2.75) is 33.7 Å². The zero-order valence-corrected chi connectivity index (χ0v) is 21.8. The van der Waals surface area contributed by atoms with E-state index < -0.39 is 12.0 Å². The summed E-state index contributed by atoms with van der Waals surface area (Å²) in [7, 11) is 5.10. The molecule has 0 fully saturated rings. The Kier molecular flexibility index (Phi) is 6.71. The van der Waals surface area contributed by atoms with Gasteiger partial charge < -0.3 is 18.8 Å². The molecule has 0 radical (unpaired) electrons. The second-order valence-electron chi connectivity index (χ2n) is 8.30. The summed E-state index contributed by atoms with van der Waals surface area (Å²) in [6, 6.07) is 6.70. The average Bonchev–Trinajstić information content (AvgIpc) is 3.27. The van der Waals surface area contributed by atoms with Crippen molar-refractivity contribution in [2.75, 3.05) is 20.8 Å². The van der Waals surface area contributed by atoms with Crippen LogP contribution in [0.25, 0.3) is 6.08 Å². The first-order valence-corrected chi connectivity index (χ1v) is 12.1. The van der Waals surface area contributed by atoms with E-state index in [1.54, 1.807) is 44.8 Å². The van der Waals surface area contributed by atoms with E-state index in [1.165, 1.54) is 11.3 Å². The Labute approximate surface area is 207 Å². The summed E-state index contributed by atoms with van der Waals surface area (Å²) in [5.41, 5.74) is 4.45. The fourth-order valence-corrected chi connectivity index (χ4v) is 5.34. The molecule has 3 aromatic rings. The maximum atomic E-state index is 13.8. The zero-order valence-electron chi connectivity index (χ0n) is 21.0. The molecule has 1 atom stereocenters. The van der Waals surface area contributed by atoms with Gasteiger partial charge in [0.15, 0.2) is 16.3 Å². The Hall–Kier alpha value is -3.59. The predicted octanol–water partition coefficient (Wildman–Crippen LogP) is 2.77. The van der Waals surface area contributed by atoms with Crippen molar-refractivity contribution < 1.29 is 19.0 Å². The molecule has 3 heterocycles. The normalized spacial score (nSPS) is 15.6. The van der Waals surface area contributed by atoms with Crippen LogP contribution in [0.3, 0.4) is 0 Å². The number of nitrogens with zero attached hydrogens (tertiary/aromatic N) is 3. The van der Waals surface area contributed by atoms with Crippen molar-refractivity contribution in [1.82, 2.24) is 9.13 Å². The van der Waals surface area contributed by atoms with Crippen molar-refractivity contribution >= 4 is 23.4 Å². The van der Waals surface area contributed by atoms with Crippen molar-refractivity contribution in [3.63, 3.8) is 0 Å². The highest BCUT2D eigenvalue weighted by atomic mass is 32.1. The topological polar surface area (TPSA) is 84.1 Å². The van der Waals surface area contributed by atoms with E-state index in [9.17, 15) is 9.59 Å². The number of fused-ring (bicyclic) bond motifs is 1. The minimum Gasteiger partial charge on any atom is -0.493 e. The van der Waals surface area contributed by atoms with Crippen LogP contribution >= 0.6 is 11.3 Å². The van der Waals surface area contributed by atoms with Crippen LogP contribution < -0.4 is 24.4 Å². The molecule has 0 aliphatic carbocycles. The quantitative estimate of drug-likeness (QED) is 0.491. The van der Waals surface area contributed by atoms with Crippen LogP contribution in [0.5, 0.6) is 11.5 Å².